The van der Waals surface area contributed by atoms with Crippen LogP contribution in [0.1, 0.15) is 33.6 Å². The Morgan fingerprint density at radius 1 is 1.29 bits per heavy atom. The van der Waals surface area contributed by atoms with Crippen LogP contribution in [0.15, 0.2) is 6.20 Å². The van der Waals surface area contributed by atoms with Crippen molar-refractivity contribution in [3.8, 4) is 0 Å². The Labute approximate surface area is 107 Å². The molecular formula is C12H19ClN4. The Bertz CT molecular complexity index is 380. The quantitative estimate of drug-likeness (QED) is 0.773. The van der Waals surface area contributed by atoms with E-state index >= 15 is 0 Å². The van der Waals surface area contributed by atoms with Gasteiger partial charge in [0.15, 0.2) is 5.82 Å². The number of nitrogens with zero attached hydrogens (tertiary/aromatic N) is 4. The Kier molecular flexibility index (Phi) is 3.52. The van der Waals surface area contributed by atoms with E-state index in [4.69, 9.17) is 11.6 Å². The summed E-state index contributed by atoms with van der Waals surface area (Å²) in [6, 6.07) is 0. The monoisotopic (exact) mass is 254 g/mol. The van der Waals surface area contributed by atoms with Gasteiger partial charge in [-0.1, -0.05) is 20.8 Å². The van der Waals surface area contributed by atoms with Gasteiger partial charge in [0, 0.05) is 13.1 Å². The maximum absolute atomic E-state index is 5.75. The molecule has 1 aromatic heterocycles. The third kappa shape index (κ3) is 3.06. The largest absolute Gasteiger partial charge is 0.355 e. The van der Waals surface area contributed by atoms with Crippen molar-refractivity contribution < 1.29 is 0 Å². The fourth-order valence-corrected chi connectivity index (χ4v) is 2.53. The lowest BCUT2D eigenvalue weighted by molar-refractivity contribution is 0.198. The van der Waals surface area contributed by atoms with E-state index in [0.717, 1.165) is 24.8 Å². The topological polar surface area (TPSA) is 41.9 Å². The molecule has 0 aromatic carbocycles. The molecule has 0 unspecified atom stereocenters. The fourth-order valence-electron chi connectivity index (χ4n) is 2.40. The highest BCUT2D eigenvalue weighted by atomic mass is 35.5. The van der Waals surface area contributed by atoms with E-state index in [2.05, 4.69) is 40.9 Å². The summed E-state index contributed by atoms with van der Waals surface area (Å²) in [4.78, 5) is 6.44. The van der Waals surface area contributed by atoms with Crippen LogP contribution in [0.25, 0.3) is 0 Å². The standard InChI is InChI=1S/C12H19ClN4/c1-12(2,3)9-4-6-17(7-5-9)10-8-14-16-11(13)15-10/h8-9H,4-7H2,1-3H3. The summed E-state index contributed by atoms with van der Waals surface area (Å²) in [6.45, 7) is 9.00. The lowest BCUT2D eigenvalue weighted by Crippen LogP contribution is -2.38. The van der Waals surface area contributed by atoms with Gasteiger partial charge in [-0.05, 0) is 35.8 Å². The molecule has 1 fully saturated rings. The van der Waals surface area contributed by atoms with Crippen LogP contribution in [-0.2, 0) is 0 Å². The summed E-state index contributed by atoms with van der Waals surface area (Å²) in [6.07, 6.45) is 4.08. The zero-order valence-electron chi connectivity index (χ0n) is 10.6. The summed E-state index contributed by atoms with van der Waals surface area (Å²) in [5.41, 5.74) is 0.396. The van der Waals surface area contributed by atoms with Crippen molar-refractivity contribution in [3.05, 3.63) is 11.5 Å². The molecule has 0 atom stereocenters. The minimum absolute atomic E-state index is 0.223. The minimum atomic E-state index is 0.223. The number of hydrogen-bond acceptors (Lipinski definition) is 4. The number of hydrogen-bond donors (Lipinski definition) is 0. The van der Waals surface area contributed by atoms with E-state index in [1.807, 2.05) is 0 Å². The number of rotatable bonds is 1. The Balaban J connectivity index is 2.00. The first-order valence-corrected chi connectivity index (χ1v) is 6.45. The highest BCUT2D eigenvalue weighted by molar-refractivity contribution is 6.28. The molecule has 5 heteroatoms. The first-order chi connectivity index (χ1) is 7.97. The molecule has 0 N–H and O–H groups in total. The third-order valence-electron chi connectivity index (χ3n) is 3.56. The molecule has 17 heavy (non-hydrogen) atoms. The zero-order valence-corrected chi connectivity index (χ0v) is 11.4. The van der Waals surface area contributed by atoms with Crippen molar-refractivity contribution in [2.75, 3.05) is 18.0 Å². The predicted octanol–water partition coefficient (Wildman–Crippen LogP) is 2.79. The van der Waals surface area contributed by atoms with Crippen LogP contribution in [0.3, 0.4) is 0 Å². The van der Waals surface area contributed by atoms with Crippen molar-refractivity contribution in [2.45, 2.75) is 33.6 Å². The first-order valence-electron chi connectivity index (χ1n) is 6.07. The Morgan fingerprint density at radius 3 is 2.47 bits per heavy atom. The van der Waals surface area contributed by atoms with Crippen molar-refractivity contribution >= 4 is 17.4 Å². The van der Waals surface area contributed by atoms with E-state index in [1.165, 1.54) is 12.8 Å². The Morgan fingerprint density at radius 2 is 1.94 bits per heavy atom. The molecule has 0 aliphatic carbocycles. The first kappa shape index (κ1) is 12.6. The molecule has 1 aromatic rings. The molecule has 0 spiro atoms. The predicted molar refractivity (Wildman–Crippen MR) is 69.2 cm³/mol. The molecule has 2 rings (SSSR count). The molecule has 1 aliphatic heterocycles. The van der Waals surface area contributed by atoms with Gasteiger partial charge in [0.05, 0.1) is 6.20 Å². The SMILES string of the molecule is CC(C)(C)C1CCN(c2cnnc(Cl)n2)CC1. The highest BCUT2D eigenvalue weighted by Gasteiger charge is 2.29. The molecule has 94 valence electrons. The Hall–Kier alpha value is -0.900. The van der Waals surface area contributed by atoms with Crippen molar-refractivity contribution in [1.82, 2.24) is 15.2 Å². The van der Waals surface area contributed by atoms with Crippen molar-refractivity contribution in [1.29, 1.82) is 0 Å². The molecule has 4 nitrogen and oxygen atoms in total. The van der Waals surface area contributed by atoms with Crippen LogP contribution in [-0.4, -0.2) is 28.3 Å². The smallest absolute Gasteiger partial charge is 0.244 e. The van der Waals surface area contributed by atoms with Crippen molar-refractivity contribution in [3.63, 3.8) is 0 Å². The maximum atomic E-state index is 5.75. The molecule has 1 saturated heterocycles. The third-order valence-corrected chi connectivity index (χ3v) is 3.72. The van der Waals surface area contributed by atoms with Gasteiger partial charge < -0.3 is 4.90 Å². The average Bonchev–Trinajstić information content (AvgIpc) is 2.28. The normalized spacial score (nSPS) is 18.5. The van der Waals surface area contributed by atoms with Crippen LogP contribution in [0.2, 0.25) is 5.28 Å². The van der Waals surface area contributed by atoms with Gasteiger partial charge in [0.1, 0.15) is 0 Å². The summed E-state index contributed by atoms with van der Waals surface area (Å²) in [5.74, 6) is 1.63. The van der Waals surface area contributed by atoms with Crippen molar-refractivity contribution in [2.24, 2.45) is 11.3 Å². The van der Waals surface area contributed by atoms with Gasteiger partial charge in [0.25, 0.3) is 0 Å². The second kappa shape index (κ2) is 4.77. The van der Waals surface area contributed by atoms with Crippen LogP contribution < -0.4 is 4.90 Å². The van der Waals surface area contributed by atoms with Crippen LogP contribution in [0.4, 0.5) is 5.82 Å². The molecular weight excluding hydrogens is 236 g/mol. The molecule has 0 radical (unpaired) electrons. The number of halogens is 1. The second-order valence-electron chi connectivity index (χ2n) is 5.71. The molecule has 0 amide bonds. The minimum Gasteiger partial charge on any atom is -0.355 e. The summed E-state index contributed by atoms with van der Waals surface area (Å²) < 4.78 is 0. The lowest BCUT2D eigenvalue weighted by atomic mass is 9.75. The maximum Gasteiger partial charge on any atom is 0.244 e. The van der Waals surface area contributed by atoms with Gasteiger partial charge in [-0.3, -0.25) is 0 Å². The van der Waals surface area contributed by atoms with Gasteiger partial charge >= 0.3 is 0 Å². The molecule has 0 bridgehead atoms. The van der Waals surface area contributed by atoms with E-state index in [0.29, 0.717) is 5.41 Å². The van der Waals surface area contributed by atoms with Crippen LogP contribution in [0, 0.1) is 11.3 Å². The molecule has 1 aliphatic rings. The lowest BCUT2D eigenvalue weighted by Gasteiger charge is -2.39. The van der Waals surface area contributed by atoms with Gasteiger partial charge in [-0.15, -0.1) is 5.10 Å². The van der Waals surface area contributed by atoms with E-state index in [-0.39, 0.29) is 5.28 Å². The summed E-state index contributed by atoms with van der Waals surface area (Å²) in [7, 11) is 0. The number of piperidine rings is 1. The van der Waals surface area contributed by atoms with Gasteiger partial charge in [-0.2, -0.15) is 10.1 Å². The number of aromatic nitrogens is 3. The van der Waals surface area contributed by atoms with Gasteiger partial charge in [0.2, 0.25) is 5.28 Å². The second-order valence-corrected chi connectivity index (χ2v) is 6.05. The van der Waals surface area contributed by atoms with Crippen LogP contribution >= 0.6 is 11.6 Å². The summed E-state index contributed by atoms with van der Waals surface area (Å²) in [5, 5.41) is 7.73. The fraction of sp³-hybridized carbons (Fsp3) is 0.750. The zero-order chi connectivity index (χ0) is 12.5. The molecule has 2 heterocycles. The molecule has 0 saturated carbocycles. The average molecular weight is 255 g/mol. The summed E-state index contributed by atoms with van der Waals surface area (Å²) >= 11 is 5.75. The van der Waals surface area contributed by atoms with Gasteiger partial charge in [-0.25, -0.2) is 0 Å². The highest BCUT2D eigenvalue weighted by Crippen LogP contribution is 2.35. The van der Waals surface area contributed by atoms with E-state index in [9.17, 15) is 0 Å². The number of anilines is 1. The van der Waals surface area contributed by atoms with E-state index in [1.54, 1.807) is 6.20 Å². The van der Waals surface area contributed by atoms with Crippen LogP contribution in [0.5, 0.6) is 0 Å². The van der Waals surface area contributed by atoms with E-state index < -0.39 is 0 Å².